The summed E-state index contributed by atoms with van der Waals surface area (Å²) in [5.74, 6) is 0.506. The van der Waals surface area contributed by atoms with Crippen LogP contribution in [0.25, 0.3) is 22.2 Å². The van der Waals surface area contributed by atoms with E-state index in [2.05, 4.69) is 27.6 Å². The van der Waals surface area contributed by atoms with Crippen LogP contribution < -0.4 is 4.74 Å². The zero-order valence-corrected chi connectivity index (χ0v) is 12.4. The fourth-order valence-corrected chi connectivity index (χ4v) is 2.54. The number of benzene rings is 1. The lowest BCUT2D eigenvalue weighted by atomic mass is 10.1. The monoisotopic (exact) mass is 305 g/mol. The normalized spacial score (nSPS) is 10.9. The molecule has 102 valence electrons. The van der Waals surface area contributed by atoms with Crippen molar-refractivity contribution in [3.63, 3.8) is 0 Å². The Bertz CT molecular complexity index is 755. The van der Waals surface area contributed by atoms with E-state index in [4.69, 9.17) is 16.3 Å². The number of nitrogens with one attached hydrogen (secondary N) is 1. The second kappa shape index (κ2) is 5.34. The van der Waals surface area contributed by atoms with E-state index in [0.717, 1.165) is 21.5 Å². The summed E-state index contributed by atoms with van der Waals surface area (Å²) in [6.07, 6.45) is 3.25. The molecule has 2 aromatic heterocycles. The summed E-state index contributed by atoms with van der Waals surface area (Å²) >= 11 is 10.6. The first kappa shape index (κ1) is 13.3. The van der Waals surface area contributed by atoms with E-state index in [1.165, 1.54) is 0 Å². The van der Waals surface area contributed by atoms with Crippen molar-refractivity contribution >= 4 is 35.1 Å². The smallest absolute Gasteiger partial charge is 0.232 e. The maximum Gasteiger partial charge on any atom is 0.232 e. The van der Waals surface area contributed by atoms with Gasteiger partial charge in [0.2, 0.25) is 5.88 Å². The van der Waals surface area contributed by atoms with Gasteiger partial charge < -0.3 is 9.72 Å². The molecule has 0 aliphatic rings. The highest BCUT2D eigenvalue weighted by Gasteiger charge is 2.09. The van der Waals surface area contributed by atoms with Gasteiger partial charge >= 0.3 is 0 Å². The molecule has 3 rings (SSSR count). The molecule has 0 bridgehead atoms. The van der Waals surface area contributed by atoms with E-state index < -0.39 is 0 Å². The summed E-state index contributed by atoms with van der Waals surface area (Å²) in [4.78, 5) is 11.7. The van der Waals surface area contributed by atoms with Crippen LogP contribution in [0.1, 0.15) is 6.92 Å². The van der Waals surface area contributed by atoms with Crippen molar-refractivity contribution < 1.29 is 4.74 Å². The quantitative estimate of drug-likeness (QED) is 0.720. The molecule has 0 unspecified atom stereocenters. The Hall–Kier alpha value is -1.72. The number of fused-ring (bicyclic) bond motifs is 1. The molecule has 0 fully saturated rings. The van der Waals surface area contributed by atoms with Crippen LogP contribution in [0.3, 0.4) is 0 Å². The van der Waals surface area contributed by atoms with Gasteiger partial charge in [0.15, 0.2) is 0 Å². The maximum atomic E-state index is 6.31. The molecule has 4 nitrogen and oxygen atoms in total. The highest BCUT2D eigenvalue weighted by molar-refractivity contribution is 7.80. The molecule has 0 radical (unpaired) electrons. The van der Waals surface area contributed by atoms with Gasteiger partial charge in [-0.25, -0.2) is 9.97 Å². The van der Waals surface area contributed by atoms with Crippen LogP contribution in [0.2, 0.25) is 5.02 Å². The Kier molecular flexibility index (Phi) is 3.54. The number of hydrogen-bond donors (Lipinski definition) is 2. The lowest BCUT2D eigenvalue weighted by molar-refractivity contribution is 0.325. The number of halogens is 1. The Morgan fingerprint density at radius 2 is 2.10 bits per heavy atom. The molecule has 0 aliphatic carbocycles. The lowest BCUT2D eigenvalue weighted by Crippen LogP contribution is -1.95. The highest BCUT2D eigenvalue weighted by atomic mass is 35.5. The fourth-order valence-electron chi connectivity index (χ4n) is 2.01. The molecule has 1 N–H and O–H groups in total. The third-order valence-corrected chi connectivity index (χ3v) is 3.44. The van der Waals surface area contributed by atoms with Crippen LogP contribution in [0, 0.1) is 0 Å². The van der Waals surface area contributed by atoms with Gasteiger partial charge in [0.1, 0.15) is 0 Å². The Balaban J connectivity index is 2.06. The number of ether oxygens (including phenoxy) is 1. The number of H-pyrrole nitrogens is 1. The molecular weight excluding hydrogens is 294 g/mol. The third-order valence-electron chi connectivity index (χ3n) is 2.89. The zero-order chi connectivity index (χ0) is 14.1. The molecule has 0 spiro atoms. The molecule has 2 heterocycles. The molecule has 20 heavy (non-hydrogen) atoms. The first-order valence-corrected chi connectivity index (χ1v) is 6.96. The number of rotatable bonds is 3. The summed E-state index contributed by atoms with van der Waals surface area (Å²) in [6, 6.07) is 5.76. The van der Waals surface area contributed by atoms with Crippen LogP contribution in [0.15, 0.2) is 35.6 Å². The number of aromatic nitrogens is 3. The van der Waals surface area contributed by atoms with Crippen molar-refractivity contribution in [2.75, 3.05) is 6.61 Å². The van der Waals surface area contributed by atoms with Crippen molar-refractivity contribution in [1.82, 2.24) is 15.0 Å². The lowest BCUT2D eigenvalue weighted by Gasteiger charge is -2.05. The summed E-state index contributed by atoms with van der Waals surface area (Å²) in [5, 5.41) is 2.44. The van der Waals surface area contributed by atoms with Crippen LogP contribution in [-0.2, 0) is 0 Å². The SMILES string of the molecule is CCOc1cnc(-c2cc3[nH]c(S)cc3cc2Cl)cn1. The summed E-state index contributed by atoms with van der Waals surface area (Å²) in [7, 11) is 0. The average Bonchev–Trinajstić information content (AvgIpc) is 2.78. The van der Waals surface area contributed by atoms with E-state index in [1.54, 1.807) is 12.4 Å². The second-order valence-corrected chi connectivity index (χ2v) is 5.14. The standard InChI is InChI=1S/C14H12ClN3OS/c1-2-19-13-7-16-12(6-17-13)9-5-11-8(3-10(9)15)4-14(20)18-11/h3-7,18,20H,2H2,1H3. The van der Waals surface area contributed by atoms with E-state index in [1.807, 2.05) is 25.1 Å². The van der Waals surface area contributed by atoms with Crippen molar-refractivity contribution in [3.05, 3.63) is 35.6 Å². The van der Waals surface area contributed by atoms with Gasteiger partial charge in [0.05, 0.1) is 34.7 Å². The number of hydrogen-bond acceptors (Lipinski definition) is 4. The van der Waals surface area contributed by atoms with Crippen LogP contribution in [0.4, 0.5) is 0 Å². The van der Waals surface area contributed by atoms with E-state index in [-0.39, 0.29) is 0 Å². The minimum atomic E-state index is 0.506. The highest BCUT2D eigenvalue weighted by Crippen LogP contribution is 2.31. The Labute approximate surface area is 126 Å². The molecule has 0 amide bonds. The molecule has 3 aromatic rings. The Morgan fingerprint density at radius 3 is 2.80 bits per heavy atom. The predicted molar refractivity (Wildman–Crippen MR) is 82.8 cm³/mol. The number of nitrogens with zero attached hydrogens (tertiary/aromatic N) is 2. The van der Waals surface area contributed by atoms with Crippen molar-refractivity contribution in [3.8, 4) is 17.1 Å². The molecule has 1 aromatic carbocycles. The van der Waals surface area contributed by atoms with Crippen LogP contribution in [0.5, 0.6) is 5.88 Å². The van der Waals surface area contributed by atoms with Gasteiger partial charge in [-0.2, -0.15) is 0 Å². The van der Waals surface area contributed by atoms with Gasteiger partial charge in [-0.15, -0.1) is 12.6 Å². The summed E-state index contributed by atoms with van der Waals surface area (Å²) in [5.41, 5.74) is 2.49. The summed E-state index contributed by atoms with van der Waals surface area (Å²) in [6.45, 7) is 2.47. The molecule has 6 heteroatoms. The summed E-state index contributed by atoms with van der Waals surface area (Å²) < 4.78 is 5.28. The second-order valence-electron chi connectivity index (χ2n) is 4.25. The minimum absolute atomic E-state index is 0.506. The first-order valence-electron chi connectivity index (χ1n) is 6.14. The number of thiol groups is 1. The number of aromatic amines is 1. The topological polar surface area (TPSA) is 50.8 Å². The molecule has 0 saturated heterocycles. The fraction of sp³-hybridized carbons (Fsp3) is 0.143. The Morgan fingerprint density at radius 1 is 1.25 bits per heavy atom. The van der Waals surface area contributed by atoms with Crippen molar-refractivity contribution in [1.29, 1.82) is 0 Å². The van der Waals surface area contributed by atoms with Gasteiger partial charge in [-0.05, 0) is 25.1 Å². The third kappa shape index (κ3) is 2.46. The van der Waals surface area contributed by atoms with E-state index >= 15 is 0 Å². The van der Waals surface area contributed by atoms with E-state index in [9.17, 15) is 0 Å². The van der Waals surface area contributed by atoms with Gasteiger partial charge in [0, 0.05) is 16.5 Å². The van der Waals surface area contributed by atoms with Gasteiger partial charge in [-0.3, -0.25) is 0 Å². The average molecular weight is 306 g/mol. The molecule has 0 atom stereocenters. The predicted octanol–water partition coefficient (Wildman–Crippen LogP) is 3.97. The van der Waals surface area contributed by atoms with E-state index in [0.29, 0.717) is 23.2 Å². The maximum absolute atomic E-state index is 6.31. The van der Waals surface area contributed by atoms with Gasteiger partial charge in [-0.1, -0.05) is 11.6 Å². The molecule has 0 saturated carbocycles. The molecular formula is C14H12ClN3OS. The first-order chi connectivity index (χ1) is 9.67. The van der Waals surface area contributed by atoms with Crippen molar-refractivity contribution in [2.24, 2.45) is 0 Å². The largest absolute Gasteiger partial charge is 0.477 e. The molecule has 0 aliphatic heterocycles. The van der Waals surface area contributed by atoms with Crippen LogP contribution >= 0.6 is 24.2 Å². The van der Waals surface area contributed by atoms with Crippen LogP contribution in [-0.4, -0.2) is 21.6 Å². The van der Waals surface area contributed by atoms with Gasteiger partial charge in [0.25, 0.3) is 0 Å². The minimum Gasteiger partial charge on any atom is -0.477 e. The van der Waals surface area contributed by atoms with Crippen molar-refractivity contribution in [2.45, 2.75) is 11.9 Å². The zero-order valence-electron chi connectivity index (χ0n) is 10.7.